The van der Waals surface area contributed by atoms with Crippen molar-refractivity contribution in [2.75, 3.05) is 6.54 Å². The summed E-state index contributed by atoms with van der Waals surface area (Å²) >= 11 is 5.93. The molecule has 1 amide bonds. The maximum absolute atomic E-state index is 12.1. The Morgan fingerprint density at radius 2 is 2.14 bits per heavy atom. The number of fused-ring (bicyclic) bond motifs is 1. The SMILES string of the molecule is Cc1c(C(=O)NCCC(C)C(=O)O)oc2ccc(Cl)cc12. The normalized spacial score (nSPS) is 12.3. The molecule has 2 rings (SSSR count). The van der Waals surface area contributed by atoms with Crippen molar-refractivity contribution < 1.29 is 19.1 Å². The van der Waals surface area contributed by atoms with Gasteiger partial charge in [-0.25, -0.2) is 0 Å². The molecule has 0 aliphatic rings. The van der Waals surface area contributed by atoms with E-state index in [0.29, 0.717) is 17.0 Å². The van der Waals surface area contributed by atoms with Crippen LogP contribution in [-0.4, -0.2) is 23.5 Å². The van der Waals surface area contributed by atoms with Crippen LogP contribution in [0.2, 0.25) is 5.02 Å². The van der Waals surface area contributed by atoms with Crippen LogP contribution in [0.1, 0.15) is 29.5 Å². The van der Waals surface area contributed by atoms with Gasteiger partial charge < -0.3 is 14.8 Å². The highest BCUT2D eigenvalue weighted by molar-refractivity contribution is 6.31. The van der Waals surface area contributed by atoms with E-state index in [1.807, 2.05) is 0 Å². The summed E-state index contributed by atoms with van der Waals surface area (Å²) in [6, 6.07) is 5.16. The van der Waals surface area contributed by atoms with Crippen LogP contribution in [0, 0.1) is 12.8 Å². The molecule has 112 valence electrons. The molecule has 21 heavy (non-hydrogen) atoms. The Labute approximate surface area is 126 Å². The number of hydrogen-bond donors (Lipinski definition) is 2. The Kier molecular flexibility index (Phi) is 4.53. The Morgan fingerprint density at radius 1 is 1.43 bits per heavy atom. The first-order chi connectivity index (χ1) is 9.90. The van der Waals surface area contributed by atoms with Crippen molar-refractivity contribution in [1.82, 2.24) is 5.32 Å². The standard InChI is InChI=1S/C15H16ClNO4/c1-8(15(19)20)5-6-17-14(18)13-9(2)11-7-10(16)3-4-12(11)21-13/h3-4,7-8H,5-6H2,1-2H3,(H,17,18)(H,19,20). The highest BCUT2D eigenvalue weighted by Gasteiger charge is 2.18. The van der Waals surface area contributed by atoms with Crippen LogP contribution in [0.5, 0.6) is 0 Å². The number of nitrogens with one attached hydrogen (secondary N) is 1. The van der Waals surface area contributed by atoms with Gasteiger partial charge in [-0.2, -0.15) is 0 Å². The van der Waals surface area contributed by atoms with E-state index in [1.165, 1.54) is 0 Å². The second-order valence-corrected chi connectivity index (χ2v) is 5.42. The number of carbonyl (C=O) groups excluding carboxylic acids is 1. The maximum atomic E-state index is 12.1. The number of amides is 1. The van der Waals surface area contributed by atoms with Gasteiger partial charge in [-0.3, -0.25) is 9.59 Å². The van der Waals surface area contributed by atoms with Crippen LogP contribution in [0.3, 0.4) is 0 Å². The van der Waals surface area contributed by atoms with Crippen molar-refractivity contribution in [2.24, 2.45) is 5.92 Å². The number of aryl methyl sites for hydroxylation is 1. The number of benzene rings is 1. The van der Waals surface area contributed by atoms with E-state index in [9.17, 15) is 9.59 Å². The Bertz CT molecular complexity index is 692. The number of aliphatic carboxylic acids is 1. The zero-order valence-corrected chi connectivity index (χ0v) is 12.5. The second kappa shape index (κ2) is 6.18. The zero-order valence-electron chi connectivity index (χ0n) is 11.8. The lowest BCUT2D eigenvalue weighted by Crippen LogP contribution is -2.27. The van der Waals surface area contributed by atoms with E-state index < -0.39 is 11.9 Å². The largest absolute Gasteiger partial charge is 0.481 e. The predicted molar refractivity (Wildman–Crippen MR) is 79.7 cm³/mol. The Hall–Kier alpha value is -2.01. The molecule has 1 heterocycles. The first-order valence-corrected chi connectivity index (χ1v) is 6.97. The van der Waals surface area contributed by atoms with Crippen molar-refractivity contribution in [3.63, 3.8) is 0 Å². The maximum Gasteiger partial charge on any atom is 0.306 e. The summed E-state index contributed by atoms with van der Waals surface area (Å²) in [5, 5.41) is 12.8. The summed E-state index contributed by atoms with van der Waals surface area (Å²) < 4.78 is 5.53. The number of furan rings is 1. The smallest absolute Gasteiger partial charge is 0.306 e. The lowest BCUT2D eigenvalue weighted by molar-refractivity contribution is -0.141. The molecule has 1 aromatic heterocycles. The molecular weight excluding hydrogens is 294 g/mol. The molecule has 0 bridgehead atoms. The molecule has 1 atom stereocenters. The molecule has 0 saturated heterocycles. The van der Waals surface area contributed by atoms with E-state index >= 15 is 0 Å². The fourth-order valence-corrected chi connectivity index (χ4v) is 2.19. The van der Waals surface area contributed by atoms with E-state index in [0.717, 1.165) is 10.9 Å². The lowest BCUT2D eigenvalue weighted by Gasteiger charge is -2.06. The molecular formula is C15H16ClNO4. The summed E-state index contributed by atoms with van der Waals surface area (Å²) in [4.78, 5) is 22.8. The number of halogens is 1. The molecule has 0 aliphatic carbocycles. The van der Waals surface area contributed by atoms with Gasteiger partial charge in [0, 0.05) is 22.5 Å². The number of rotatable bonds is 5. The first-order valence-electron chi connectivity index (χ1n) is 6.59. The molecule has 0 aliphatic heterocycles. The number of carboxylic acid groups (broad SMARTS) is 1. The molecule has 1 unspecified atom stereocenters. The highest BCUT2D eigenvalue weighted by atomic mass is 35.5. The third kappa shape index (κ3) is 3.36. The van der Waals surface area contributed by atoms with Crippen LogP contribution >= 0.6 is 11.6 Å². The van der Waals surface area contributed by atoms with Gasteiger partial charge >= 0.3 is 5.97 Å². The van der Waals surface area contributed by atoms with Crippen LogP contribution in [0.25, 0.3) is 11.0 Å². The molecule has 0 spiro atoms. The van der Waals surface area contributed by atoms with Gasteiger partial charge in [-0.15, -0.1) is 0 Å². The van der Waals surface area contributed by atoms with Crippen molar-refractivity contribution >= 4 is 34.4 Å². The first kappa shape index (κ1) is 15.4. The van der Waals surface area contributed by atoms with Gasteiger partial charge in [0.05, 0.1) is 5.92 Å². The van der Waals surface area contributed by atoms with Crippen molar-refractivity contribution in [3.05, 3.63) is 34.5 Å². The van der Waals surface area contributed by atoms with Gasteiger partial charge in [-0.1, -0.05) is 18.5 Å². The van der Waals surface area contributed by atoms with Crippen molar-refractivity contribution in [3.8, 4) is 0 Å². The molecule has 0 saturated carbocycles. The predicted octanol–water partition coefficient (Wildman–Crippen LogP) is 3.24. The third-order valence-corrected chi connectivity index (χ3v) is 3.62. The minimum Gasteiger partial charge on any atom is -0.481 e. The van der Waals surface area contributed by atoms with Gasteiger partial charge in [0.1, 0.15) is 5.58 Å². The summed E-state index contributed by atoms with van der Waals surface area (Å²) in [7, 11) is 0. The average Bonchev–Trinajstić information content (AvgIpc) is 2.75. The third-order valence-electron chi connectivity index (χ3n) is 3.39. The summed E-state index contributed by atoms with van der Waals surface area (Å²) in [6.07, 6.45) is 0.367. The summed E-state index contributed by atoms with van der Waals surface area (Å²) in [5.41, 5.74) is 1.32. The van der Waals surface area contributed by atoms with E-state index in [2.05, 4.69) is 5.32 Å². The van der Waals surface area contributed by atoms with Gasteiger partial charge in [0.15, 0.2) is 5.76 Å². The summed E-state index contributed by atoms with van der Waals surface area (Å²) in [6.45, 7) is 3.67. The highest BCUT2D eigenvalue weighted by Crippen LogP contribution is 2.27. The van der Waals surface area contributed by atoms with E-state index in [1.54, 1.807) is 32.0 Å². The van der Waals surface area contributed by atoms with E-state index in [4.69, 9.17) is 21.1 Å². The molecule has 0 fully saturated rings. The monoisotopic (exact) mass is 309 g/mol. The zero-order chi connectivity index (χ0) is 15.6. The molecule has 0 radical (unpaired) electrons. The molecule has 1 aromatic carbocycles. The van der Waals surface area contributed by atoms with Gasteiger partial charge in [0.2, 0.25) is 0 Å². The van der Waals surface area contributed by atoms with Gasteiger partial charge in [0.25, 0.3) is 5.91 Å². The number of carbonyl (C=O) groups is 2. The van der Waals surface area contributed by atoms with Crippen molar-refractivity contribution in [1.29, 1.82) is 0 Å². The van der Waals surface area contributed by atoms with Crippen LogP contribution in [0.4, 0.5) is 0 Å². The number of carboxylic acids is 1. The van der Waals surface area contributed by atoms with E-state index in [-0.39, 0.29) is 18.2 Å². The van der Waals surface area contributed by atoms with Gasteiger partial charge in [-0.05, 0) is 31.5 Å². The Balaban J connectivity index is 2.09. The molecule has 2 aromatic rings. The quantitative estimate of drug-likeness (QED) is 0.888. The average molecular weight is 310 g/mol. The minimum atomic E-state index is -0.876. The summed E-state index contributed by atoms with van der Waals surface area (Å²) in [5.74, 6) is -1.49. The fourth-order valence-electron chi connectivity index (χ4n) is 2.02. The second-order valence-electron chi connectivity index (χ2n) is 4.98. The number of hydrogen-bond acceptors (Lipinski definition) is 3. The minimum absolute atomic E-state index is 0.232. The fraction of sp³-hybridized carbons (Fsp3) is 0.333. The molecule has 2 N–H and O–H groups in total. The molecule has 5 nitrogen and oxygen atoms in total. The topological polar surface area (TPSA) is 79.5 Å². The molecule has 6 heteroatoms. The van der Waals surface area contributed by atoms with Crippen molar-refractivity contribution in [2.45, 2.75) is 20.3 Å². The van der Waals surface area contributed by atoms with Crippen LogP contribution in [0.15, 0.2) is 22.6 Å². The Morgan fingerprint density at radius 3 is 2.81 bits per heavy atom. The lowest BCUT2D eigenvalue weighted by atomic mass is 10.1. The van der Waals surface area contributed by atoms with Crippen LogP contribution in [-0.2, 0) is 4.79 Å². The van der Waals surface area contributed by atoms with Crippen LogP contribution < -0.4 is 5.32 Å².